The zero-order chi connectivity index (χ0) is 25.8. The van der Waals surface area contributed by atoms with Crippen LogP contribution in [0, 0.1) is 5.82 Å². The quantitative estimate of drug-likeness (QED) is 0.414. The second-order valence-corrected chi connectivity index (χ2v) is 10.7. The van der Waals surface area contributed by atoms with Crippen LogP contribution in [0.4, 0.5) is 4.39 Å². The molecule has 1 aromatic heterocycles. The summed E-state index contributed by atoms with van der Waals surface area (Å²) in [5.41, 5.74) is 1.18. The molecule has 1 amide bonds. The van der Waals surface area contributed by atoms with E-state index in [0.29, 0.717) is 11.0 Å². The van der Waals surface area contributed by atoms with E-state index in [4.69, 9.17) is 9.15 Å². The van der Waals surface area contributed by atoms with E-state index < -0.39 is 11.4 Å². The lowest BCUT2D eigenvalue weighted by Gasteiger charge is -2.32. The Morgan fingerprint density at radius 3 is 2.65 bits per heavy atom. The molecule has 0 bridgehead atoms. The molecule has 2 aromatic carbocycles. The van der Waals surface area contributed by atoms with Crippen LogP contribution in [0.3, 0.4) is 0 Å². The highest BCUT2D eigenvalue weighted by atomic mass is 79.9. The molecule has 5 rings (SSSR count). The van der Waals surface area contributed by atoms with Crippen molar-refractivity contribution in [2.45, 2.75) is 50.8 Å². The Labute approximate surface area is 223 Å². The molecule has 196 valence electrons. The van der Waals surface area contributed by atoms with Crippen LogP contribution in [-0.2, 0) is 17.8 Å². The Balaban J connectivity index is 1.10. The largest absolute Gasteiger partial charge is 0.489 e. The zero-order valence-electron chi connectivity index (χ0n) is 20.6. The molecule has 0 unspecified atom stereocenters. The van der Waals surface area contributed by atoms with E-state index in [1.807, 2.05) is 6.07 Å². The Morgan fingerprint density at radius 1 is 1.11 bits per heavy atom. The minimum absolute atomic E-state index is 0.0567. The van der Waals surface area contributed by atoms with E-state index >= 15 is 0 Å². The molecule has 9 heteroatoms. The van der Waals surface area contributed by atoms with Crippen molar-refractivity contribution in [1.29, 1.82) is 0 Å². The van der Waals surface area contributed by atoms with E-state index in [9.17, 15) is 14.0 Å². The standard InChI is InChI=1S/C28H31BrFN3O4/c29-24-13-18(1-3-26(24)36-23-5-9-31-10-6-23)17-33-11-7-22(8-12-33)32-27(34)16-20-14-19-15-21(30)2-4-25(19)37-28(20)35/h1-4,13-15,22-23,31H,5-12,16-17H2,(H,32,34). The molecule has 0 aliphatic carbocycles. The topological polar surface area (TPSA) is 83.8 Å². The molecule has 7 nitrogen and oxygen atoms in total. The van der Waals surface area contributed by atoms with Crippen LogP contribution < -0.4 is 21.0 Å². The highest BCUT2D eigenvalue weighted by Crippen LogP contribution is 2.29. The van der Waals surface area contributed by atoms with E-state index in [1.165, 1.54) is 29.8 Å². The molecule has 0 radical (unpaired) electrons. The molecule has 3 aromatic rings. The van der Waals surface area contributed by atoms with Crippen LogP contribution in [0.25, 0.3) is 11.0 Å². The Morgan fingerprint density at radius 2 is 1.89 bits per heavy atom. The van der Waals surface area contributed by atoms with Gasteiger partial charge in [-0.25, -0.2) is 9.18 Å². The van der Waals surface area contributed by atoms with E-state index in [2.05, 4.69) is 43.6 Å². The van der Waals surface area contributed by atoms with Gasteiger partial charge in [-0.05, 0) is 96.7 Å². The van der Waals surface area contributed by atoms with Gasteiger partial charge in [-0.3, -0.25) is 9.69 Å². The summed E-state index contributed by atoms with van der Waals surface area (Å²) in [6.45, 7) is 4.57. The fourth-order valence-corrected chi connectivity index (χ4v) is 5.56. The van der Waals surface area contributed by atoms with E-state index in [0.717, 1.165) is 68.6 Å². The molecule has 0 atom stereocenters. The molecule has 2 aliphatic heterocycles. The fourth-order valence-electron chi connectivity index (χ4n) is 5.04. The van der Waals surface area contributed by atoms with Gasteiger partial charge in [0.2, 0.25) is 5.91 Å². The van der Waals surface area contributed by atoms with Crippen LogP contribution in [0.2, 0.25) is 0 Å². The van der Waals surface area contributed by atoms with Crippen molar-refractivity contribution in [3.63, 3.8) is 0 Å². The van der Waals surface area contributed by atoms with Gasteiger partial charge in [-0.1, -0.05) is 6.07 Å². The first-order chi connectivity index (χ1) is 17.9. The summed E-state index contributed by atoms with van der Waals surface area (Å²) in [4.78, 5) is 27.2. The SMILES string of the molecule is O=C(Cc1cc2cc(F)ccc2oc1=O)NC1CCN(Cc2ccc(OC3CCNCC3)c(Br)c2)CC1. The number of nitrogens with one attached hydrogen (secondary N) is 2. The number of rotatable bonds is 7. The van der Waals surface area contributed by atoms with Crippen molar-refractivity contribution in [2.75, 3.05) is 26.2 Å². The van der Waals surface area contributed by atoms with Gasteiger partial charge in [0.1, 0.15) is 23.3 Å². The number of ether oxygens (including phenoxy) is 1. The zero-order valence-corrected chi connectivity index (χ0v) is 22.2. The molecule has 2 fully saturated rings. The van der Waals surface area contributed by atoms with Crippen LogP contribution in [-0.4, -0.2) is 49.1 Å². The summed E-state index contributed by atoms with van der Waals surface area (Å²) < 4.78 is 25.9. The average Bonchev–Trinajstić information content (AvgIpc) is 2.88. The molecule has 3 heterocycles. The minimum Gasteiger partial charge on any atom is -0.489 e. The minimum atomic E-state index is -0.567. The van der Waals surface area contributed by atoms with Gasteiger partial charge >= 0.3 is 5.63 Å². The third-order valence-corrected chi connectivity index (χ3v) is 7.67. The third-order valence-electron chi connectivity index (χ3n) is 7.05. The average molecular weight is 572 g/mol. The van der Waals surface area contributed by atoms with Crippen LogP contribution in [0.15, 0.2) is 56.1 Å². The molecular formula is C28H31BrFN3O4. The van der Waals surface area contributed by atoms with Crippen molar-refractivity contribution in [3.05, 3.63) is 74.3 Å². The van der Waals surface area contributed by atoms with Gasteiger partial charge in [0.15, 0.2) is 0 Å². The number of hydrogen-bond donors (Lipinski definition) is 2. The Bertz CT molecular complexity index is 1320. The third kappa shape index (κ3) is 6.77. The number of carbonyl (C=O) groups is 1. The van der Waals surface area contributed by atoms with E-state index in [-0.39, 0.29) is 30.0 Å². The summed E-state index contributed by atoms with van der Waals surface area (Å²) >= 11 is 3.67. The van der Waals surface area contributed by atoms with E-state index in [1.54, 1.807) is 0 Å². The molecular weight excluding hydrogens is 541 g/mol. The highest BCUT2D eigenvalue weighted by molar-refractivity contribution is 9.10. The fraction of sp³-hybridized carbons (Fsp3) is 0.429. The molecule has 2 aliphatic rings. The monoisotopic (exact) mass is 571 g/mol. The number of amides is 1. The highest BCUT2D eigenvalue weighted by Gasteiger charge is 2.22. The number of carbonyl (C=O) groups excluding carboxylic acids is 1. The normalized spacial score (nSPS) is 17.7. The van der Waals surface area contributed by atoms with Gasteiger partial charge in [0.05, 0.1) is 10.9 Å². The first kappa shape index (κ1) is 25.9. The smallest absolute Gasteiger partial charge is 0.339 e. The molecule has 37 heavy (non-hydrogen) atoms. The Hall–Kier alpha value is -2.75. The van der Waals surface area contributed by atoms with Crippen molar-refractivity contribution >= 4 is 32.8 Å². The number of halogens is 2. The number of nitrogens with zero attached hydrogens (tertiary/aromatic N) is 1. The lowest BCUT2D eigenvalue weighted by atomic mass is 10.0. The predicted octanol–water partition coefficient (Wildman–Crippen LogP) is 4.15. The number of likely N-dealkylation sites (tertiary alicyclic amines) is 1. The summed E-state index contributed by atoms with van der Waals surface area (Å²) in [6.07, 6.45) is 3.89. The lowest BCUT2D eigenvalue weighted by Crippen LogP contribution is -2.45. The summed E-state index contributed by atoms with van der Waals surface area (Å²) in [6, 6.07) is 11.8. The van der Waals surface area contributed by atoms with Gasteiger partial charge < -0.3 is 19.8 Å². The van der Waals surface area contributed by atoms with Crippen LogP contribution >= 0.6 is 15.9 Å². The van der Waals surface area contributed by atoms with Crippen molar-refractivity contribution in [2.24, 2.45) is 0 Å². The first-order valence-electron chi connectivity index (χ1n) is 12.8. The van der Waals surface area contributed by atoms with Crippen LogP contribution in [0.1, 0.15) is 36.8 Å². The molecule has 2 saturated heterocycles. The summed E-state index contributed by atoms with van der Waals surface area (Å²) in [7, 11) is 0. The predicted molar refractivity (Wildman–Crippen MR) is 143 cm³/mol. The van der Waals surface area contributed by atoms with Gasteiger partial charge in [0.25, 0.3) is 0 Å². The first-order valence-corrected chi connectivity index (χ1v) is 13.6. The number of piperidine rings is 2. The number of fused-ring (bicyclic) bond motifs is 1. The van der Waals surface area contributed by atoms with Crippen molar-refractivity contribution in [3.8, 4) is 5.75 Å². The van der Waals surface area contributed by atoms with Crippen molar-refractivity contribution in [1.82, 2.24) is 15.5 Å². The number of benzene rings is 2. The lowest BCUT2D eigenvalue weighted by molar-refractivity contribution is -0.121. The molecule has 0 spiro atoms. The summed E-state index contributed by atoms with van der Waals surface area (Å²) in [5.74, 6) is 0.245. The maximum atomic E-state index is 13.5. The molecule has 0 saturated carbocycles. The maximum Gasteiger partial charge on any atom is 0.339 e. The van der Waals surface area contributed by atoms with Crippen LogP contribution in [0.5, 0.6) is 5.75 Å². The second kappa shape index (κ2) is 11.8. The Kier molecular flexibility index (Phi) is 8.22. The summed E-state index contributed by atoms with van der Waals surface area (Å²) in [5, 5.41) is 6.87. The van der Waals surface area contributed by atoms with Gasteiger partial charge in [0, 0.05) is 36.6 Å². The second-order valence-electron chi connectivity index (χ2n) is 9.87. The maximum absolute atomic E-state index is 13.5. The number of hydrogen-bond acceptors (Lipinski definition) is 6. The van der Waals surface area contributed by atoms with Gasteiger partial charge in [-0.2, -0.15) is 0 Å². The van der Waals surface area contributed by atoms with Gasteiger partial charge in [-0.15, -0.1) is 0 Å². The van der Waals surface area contributed by atoms with Crippen molar-refractivity contribution < 1.29 is 18.3 Å². The molecule has 2 N–H and O–H groups in total.